The summed E-state index contributed by atoms with van der Waals surface area (Å²) in [5.41, 5.74) is 10.8. The molecule has 0 radical (unpaired) electrons. The SMILES string of the molecule is c1ccc(-n2c3ccccc3c3c4ccccc4c4c(c5ccccc5n4-c4ccc(-n5c6ccccc6c6ccccc65)cc4)c32)cc1. The molecule has 0 aliphatic heterocycles. The van der Waals surface area contributed by atoms with Gasteiger partial charge in [-0.3, -0.25) is 0 Å². The predicted molar refractivity (Wildman–Crippen MR) is 207 cm³/mol. The van der Waals surface area contributed by atoms with Crippen molar-refractivity contribution in [1.29, 1.82) is 0 Å². The Morgan fingerprint density at radius 2 is 0.592 bits per heavy atom. The number of aromatic nitrogens is 3. The molecule has 0 amide bonds. The summed E-state index contributed by atoms with van der Waals surface area (Å²) in [7, 11) is 0. The molecule has 0 saturated carbocycles. The third-order valence-electron chi connectivity index (χ3n) is 10.4. The van der Waals surface area contributed by atoms with Gasteiger partial charge in [-0.15, -0.1) is 0 Å². The van der Waals surface area contributed by atoms with Gasteiger partial charge in [0.15, 0.2) is 0 Å². The molecule has 0 saturated heterocycles. The topological polar surface area (TPSA) is 14.8 Å². The highest BCUT2D eigenvalue weighted by Crippen LogP contribution is 2.46. The van der Waals surface area contributed by atoms with E-state index in [9.17, 15) is 0 Å². The number of fused-ring (bicyclic) bond motifs is 13. The van der Waals surface area contributed by atoms with Crippen LogP contribution in [0.4, 0.5) is 0 Å². The van der Waals surface area contributed by atoms with E-state index in [2.05, 4.69) is 190 Å². The average Bonchev–Trinajstić information content (AvgIpc) is 3.82. The molecule has 49 heavy (non-hydrogen) atoms. The van der Waals surface area contributed by atoms with Crippen LogP contribution in [0.25, 0.3) is 93.3 Å². The molecule has 3 aromatic heterocycles. The lowest BCUT2D eigenvalue weighted by Crippen LogP contribution is -1.98. The van der Waals surface area contributed by atoms with Crippen LogP contribution < -0.4 is 0 Å². The second-order valence-electron chi connectivity index (χ2n) is 12.9. The largest absolute Gasteiger partial charge is 0.309 e. The van der Waals surface area contributed by atoms with Gasteiger partial charge in [-0.25, -0.2) is 0 Å². The fraction of sp³-hybridized carbons (Fsp3) is 0. The third-order valence-corrected chi connectivity index (χ3v) is 10.4. The molecule has 11 rings (SSSR count). The van der Waals surface area contributed by atoms with Crippen LogP contribution >= 0.6 is 0 Å². The molecular formula is C46H29N3. The van der Waals surface area contributed by atoms with Crippen LogP contribution in [-0.2, 0) is 0 Å². The van der Waals surface area contributed by atoms with E-state index < -0.39 is 0 Å². The Hall–Kier alpha value is -6.58. The first-order valence-corrected chi connectivity index (χ1v) is 16.9. The fourth-order valence-electron chi connectivity index (χ4n) is 8.46. The van der Waals surface area contributed by atoms with Gasteiger partial charge in [-0.2, -0.15) is 0 Å². The van der Waals surface area contributed by atoms with Gasteiger partial charge in [0.1, 0.15) is 0 Å². The van der Waals surface area contributed by atoms with Crippen molar-refractivity contribution in [2.24, 2.45) is 0 Å². The van der Waals surface area contributed by atoms with Crippen LogP contribution in [0.15, 0.2) is 176 Å². The van der Waals surface area contributed by atoms with Crippen molar-refractivity contribution in [3.8, 4) is 17.1 Å². The van der Waals surface area contributed by atoms with E-state index in [-0.39, 0.29) is 0 Å². The van der Waals surface area contributed by atoms with Crippen LogP contribution in [-0.4, -0.2) is 13.7 Å². The lowest BCUT2D eigenvalue weighted by molar-refractivity contribution is 1.15. The van der Waals surface area contributed by atoms with Gasteiger partial charge in [0, 0.05) is 54.8 Å². The number of hydrogen-bond acceptors (Lipinski definition) is 0. The standard InChI is InChI=1S/C46H29N3/c1-2-14-30(15-3-1)49-41-24-12-8-20-37(41)43-35-18-4-5-19-36(35)45-44(46(43)49)38-21-9-13-25-42(38)48(45)32-28-26-31(27-29-32)47-39-22-10-6-16-33(39)34-17-7-11-23-40(34)47/h1-29H. The summed E-state index contributed by atoms with van der Waals surface area (Å²) in [6.45, 7) is 0. The van der Waals surface area contributed by atoms with Crippen molar-refractivity contribution in [3.63, 3.8) is 0 Å². The summed E-state index contributed by atoms with van der Waals surface area (Å²) in [6, 6.07) is 64.0. The minimum absolute atomic E-state index is 1.14. The van der Waals surface area contributed by atoms with Gasteiger partial charge in [0.2, 0.25) is 0 Å². The zero-order valence-corrected chi connectivity index (χ0v) is 26.6. The first-order valence-electron chi connectivity index (χ1n) is 16.9. The molecule has 3 nitrogen and oxygen atoms in total. The maximum absolute atomic E-state index is 2.48. The van der Waals surface area contributed by atoms with Gasteiger partial charge in [-0.1, -0.05) is 115 Å². The highest BCUT2D eigenvalue weighted by Gasteiger charge is 2.24. The minimum Gasteiger partial charge on any atom is -0.309 e. The minimum atomic E-state index is 1.14. The summed E-state index contributed by atoms with van der Waals surface area (Å²) >= 11 is 0. The van der Waals surface area contributed by atoms with Crippen molar-refractivity contribution in [2.75, 3.05) is 0 Å². The van der Waals surface area contributed by atoms with E-state index in [4.69, 9.17) is 0 Å². The Bertz CT molecular complexity index is 3030. The van der Waals surface area contributed by atoms with Crippen LogP contribution in [0.3, 0.4) is 0 Å². The van der Waals surface area contributed by atoms with Crippen LogP contribution in [0.2, 0.25) is 0 Å². The number of para-hydroxylation sites is 5. The molecule has 3 heterocycles. The first kappa shape index (κ1) is 26.5. The molecule has 8 aromatic carbocycles. The van der Waals surface area contributed by atoms with Crippen molar-refractivity contribution in [2.45, 2.75) is 0 Å². The van der Waals surface area contributed by atoms with Crippen molar-refractivity contribution < 1.29 is 0 Å². The Labute approximate surface area is 282 Å². The highest BCUT2D eigenvalue weighted by molar-refractivity contribution is 6.36. The quantitative estimate of drug-likeness (QED) is 0.186. The molecule has 0 aliphatic rings. The molecule has 0 atom stereocenters. The zero-order chi connectivity index (χ0) is 32.1. The molecule has 228 valence electrons. The Balaban J connectivity index is 1.27. The summed E-state index contributed by atoms with van der Waals surface area (Å²) in [6.07, 6.45) is 0. The van der Waals surface area contributed by atoms with E-state index in [1.165, 1.54) is 76.2 Å². The highest BCUT2D eigenvalue weighted by atomic mass is 15.0. The normalized spacial score (nSPS) is 12.1. The summed E-state index contributed by atoms with van der Waals surface area (Å²) in [5, 5.41) is 10.2. The fourth-order valence-corrected chi connectivity index (χ4v) is 8.46. The molecule has 0 unspecified atom stereocenters. The van der Waals surface area contributed by atoms with Crippen LogP contribution in [0, 0.1) is 0 Å². The summed E-state index contributed by atoms with van der Waals surface area (Å²) in [5.74, 6) is 0. The van der Waals surface area contributed by atoms with Crippen molar-refractivity contribution in [3.05, 3.63) is 176 Å². The molecule has 11 aromatic rings. The van der Waals surface area contributed by atoms with Gasteiger partial charge in [0.05, 0.1) is 33.1 Å². The molecule has 0 spiro atoms. The maximum atomic E-state index is 2.48. The molecule has 0 N–H and O–H groups in total. The molecule has 3 heteroatoms. The van der Waals surface area contributed by atoms with Crippen LogP contribution in [0.1, 0.15) is 0 Å². The molecular weight excluding hydrogens is 595 g/mol. The number of hydrogen-bond donors (Lipinski definition) is 0. The van der Waals surface area contributed by atoms with Crippen molar-refractivity contribution >= 4 is 76.2 Å². The number of nitrogens with zero attached hydrogens (tertiary/aromatic N) is 3. The first-order chi connectivity index (χ1) is 24.4. The zero-order valence-electron chi connectivity index (χ0n) is 26.6. The Morgan fingerprint density at radius 3 is 1.16 bits per heavy atom. The van der Waals surface area contributed by atoms with Gasteiger partial charge < -0.3 is 13.7 Å². The second-order valence-corrected chi connectivity index (χ2v) is 12.9. The van der Waals surface area contributed by atoms with Gasteiger partial charge in [-0.05, 0) is 66.0 Å². The van der Waals surface area contributed by atoms with E-state index >= 15 is 0 Å². The van der Waals surface area contributed by atoms with E-state index in [1.807, 2.05) is 0 Å². The van der Waals surface area contributed by atoms with Gasteiger partial charge >= 0.3 is 0 Å². The van der Waals surface area contributed by atoms with Crippen LogP contribution in [0.5, 0.6) is 0 Å². The number of rotatable bonds is 3. The van der Waals surface area contributed by atoms with E-state index in [0.29, 0.717) is 0 Å². The monoisotopic (exact) mass is 623 g/mol. The molecule has 0 aliphatic carbocycles. The molecule has 0 bridgehead atoms. The summed E-state index contributed by atoms with van der Waals surface area (Å²) < 4.78 is 7.34. The van der Waals surface area contributed by atoms with E-state index in [1.54, 1.807) is 0 Å². The summed E-state index contributed by atoms with van der Waals surface area (Å²) in [4.78, 5) is 0. The second kappa shape index (κ2) is 9.96. The average molecular weight is 624 g/mol. The maximum Gasteiger partial charge on any atom is 0.0647 e. The molecule has 0 fully saturated rings. The number of benzene rings is 8. The Morgan fingerprint density at radius 1 is 0.224 bits per heavy atom. The third kappa shape index (κ3) is 3.56. The predicted octanol–water partition coefficient (Wildman–Crippen LogP) is 12.1. The van der Waals surface area contributed by atoms with E-state index in [0.717, 1.165) is 17.1 Å². The van der Waals surface area contributed by atoms with Crippen molar-refractivity contribution in [1.82, 2.24) is 13.7 Å². The Kier molecular flexibility index (Phi) is 5.38. The lowest BCUT2D eigenvalue weighted by atomic mass is 9.99. The smallest absolute Gasteiger partial charge is 0.0647 e. The van der Waals surface area contributed by atoms with Gasteiger partial charge in [0.25, 0.3) is 0 Å². The lowest BCUT2D eigenvalue weighted by Gasteiger charge is -2.14.